The lowest BCUT2D eigenvalue weighted by Gasteiger charge is -2.34. The van der Waals surface area contributed by atoms with Crippen molar-refractivity contribution < 1.29 is 37.0 Å². The highest BCUT2D eigenvalue weighted by Crippen LogP contribution is 2.37. The van der Waals surface area contributed by atoms with Crippen LogP contribution in [0.2, 0.25) is 5.02 Å². The van der Waals surface area contributed by atoms with E-state index in [0.29, 0.717) is 4.68 Å². The monoisotopic (exact) mass is 513 g/mol. The molecule has 2 atom stereocenters. The molecule has 4 rings (SSSR count). The van der Waals surface area contributed by atoms with Gasteiger partial charge in [0, 0.05) is 13.1 Å². The predicted molar refractivity (Wildman–Crippen MR) is 119 cm³/mol. The fourth-order valence-corrected chi connectivity index (χ4v) is 4.47. The fraction of sp³-hybridized carbons (Fsp3) is 0.348. The Hall–Kier alpha value is -3.18. The van der Waals surface area contributed by atoms with Gasteiger partial charge in [-0.15, -0.1) is 5.10 Å². The van der Waals surface area contributed by atoms with Crippen molar-refractivity contribution in [1.82, 2.24) is 9.78 Å². The van der Waals surface area contributed by atoms with Crippen LogP contribution in [0.4, 0.5) is 23.4 Å². The smallest absolute Gasteiger partial charge is 0.417 e. The molecule has 1 fully saturated rings. The van der Waals surface area contributed by atoms with Crippen molar-refractivity contribution in [3.63, 3.8) is 0 Å². The zero-order valence-corrected chi connectivity index (χ0v) is 19.1. The van der Waals surface area contributed by atoms with Crippen LogP contribution in [0.25, 0.3) is 10.9 Å². The first-order valence-corrected chi connectivity index (χ1v) is 11.1. The number of ether oxygens (including phenoxy) is 1. The van der Waals surface area contributed by atoms with Crippen LogP contribution in [0.5, 0.6) is 0 Å². The maximum atomic E-state index is 14.9. The number of carbonyl (C=O) groups excluding carboxylic acids is 2. The van der Waals surface area contributed by atoms with Gasteiger partial charge in [-0.25, -0.2) is 4.39 Å². The van der Waals surface area contributed by atoms with Crippen molar-refractivity contribution in [2.24, 2.45) is 5.92 Å². The van der Waals surface area contributed by atoms with Crippen molar-refractivity contribution >= 4 is 40.2 Å². The Morgan fingerprint density at radius 2 is 1.94 bits per heavy atom. The average molecular weight is 514 g/mol. The van der Waals surface area contributed by atoms with E-state index in [-0.39, 0.29) is 42.8 Å². The third-order valence-electron chi connectivity index (χ3n) is 5.83. The minimum atomic E-state index is -4.87. The Bertz CT molecular complexity index is 1290. The van der Waals surface area contributed by atoms with Gasteiger partial charge in [0.2, 0.25) is 0 Å². The van der Waals surface area contributed by atoms with Gasteiger partial charge >= 0.3 is 12.1 Å². The number of aliphatic hydroxyl groups excluding tert-OH is 1. The molecule has 0 aliphatic carbocycles. The average Bonchev–Trinajstić information content (AvgIpc) is 3.19. The Morgan fingerprint density at radius 1 is 1.23 bits per heavy atom. The van der Waals surface area contributed by atoms with Crippen LogP contribution in [0.1, 0.15) is 29.3 Å². The number of halogens is 5. The molecule has 0 saturated carbocycles. The minimum Gasteiger partial charge on any atom is -0.466 e. The summed E-state index contributed by atoms with van der Waals surface area (Å²) < 4.78 is 61.4. The highest BCUT2D eigenvalue weighted by atomic mass is 35.5. The number of anilines is 1. The Kier molecular flexibility index (Phi) is 6.74. The van der Waals surface area contributed by atoms with Gasteiger partial charge in [0.1, 0.15) is 5.82 Å². The van der Waals surface area contributed by atoms with E-state index in [1.165, 1.54) is 17.0 Å². The molecule has 1 aromatic heterocycles. The van der Waals surface area contributed by atoms with Crippen LogP contribution in [-0.2, 0) is 15.7 Å². The first kappa shape index (κ1) is 24.9. The molecule has 12 heteroatoms. The summed E-state index contributed by atoms with van der Waals surface area (Å²) in [7, 11) is 0. The second-order valence-corrected chi connectivity index (χ2v) is 8.40. The van der Waals surface area contributed by atoms with Crippen LogP contribution < -0.4 is 4.90 Å². The Labute approximate surface area is 201 Å². The topological polar surface area (TPSA) is 84.7 Å². The molecular weight excluding hydrogens is 494 g/mol. The number of hydrogen-bond donors (Lipinski definition) is 1. The van der Waals surface area contributed by atoms with Crippen molar-refractivity contribution in [3.8, 4) is 0 Å². The summed E-state index contributed by atoms with van der Waals surface area (Å²) in [5.74, 6) is -3.34. The Balaban J connectivity index is 1.79. The number of aromatic nitrogens is 2. The molecule has 1 saturated heterocycles. The zero-order valence-electron chi connectivity index (χ0n) is 18.4. The molecule has 3 aromatic rings. The van der Waals surface area contributed by atoms with Gasteiger partial charge in [-0.05, 0) is 37.6 Å². The van der Waals surface area contributed by atoms with Crippen molar-refractivity contribution in [2.75, 3.05) is 24.6 Å². The highest BCUT2D eigenvalue weighted by molar-refractivity contribution is 6.34. The molecule has 0 bridgehead atoms. The molecule has 1 unspecified atom stereocenters. The van der Waals surface area contributed by atoms with Crippen LogP contribution in [0, 0.1) is 11.7 Å². The molecule has 186 valence electrons. The number of aliphatic hydroxyl groups is 1. The van der Waals surface area contributed by atoms with E-state index in [9.17, 15) is 32.3 Å². The maximum Gasteiger partial charge on any atom is 0.417 e. The zero-order chi connectivity index (χ0) is 25.5. The molecular formula is C23H20ClF4N3O4. The van der Waals surface area contributed by atoms with Crippen LogP contribution >= 0.6 is 11.6 Å². The van der Waals surface area contributed by atoms with Gasteiger partial charge in [-0.3, -0.25) is 9.59 Å². The van der Waals surface area contributed by atoms with Crippen molar-refractivity contribution in [1.29, 1.82) is 0 Å². The quantitative estimate of drug-likeness (QED) is 0.414. The molecule has 1 aliphatic rings. The summed E-state index contributed by atoms with van der Waals surface area (Å²) in [5, 5.41) is 14.1. The molecule has 7 nitrogen and oxygen atoms in total. The summed E-state index contributed by atoms with van der Waals surface area (Å²) in [6.07, 6.45) is -5.86. The van der Waals surface area contributed by atoms with E-state index < -0.39 is 52.0 Å². The first-order chi connectivity index (χ1) is 16.5. The standard InChI is InChI=1S/C23H20ClF4N3O4/c1-2-35-22(34)12-9-10-30(11-17(12)32)20-19-15(25)7-4-8-16(19)31(29-20)21(33)18-13(23(26,27)28)5-3-6-14(18)24/h3-8,12,17,32H,2,9-11H2,1H3/t12?,17-/m0/s1. The van der Waals surface area contributed by atoms with Crippen molar-refractivity contribution in [3.05, 3.63) is 58.4 Å². The summed E-state index contributed by atoms with van der Waals surface area (Å²) in [5.41, 5.74) is -2.13. The molecule has 0 amide bonds. The van der Waals surface area contributed by atoms with E-state index in [0.717, 1.165) is 24.3 Å². The van der Waals surface area contributed by atoms with Gasteiger partial charge in [0.15, 0.2) is 5.82 Å². The van der Waals surface area contributed by atoms with Crippen molar-refractivity contribution in [2.45, 2.75) is 25.6 Å². The maximum absolute atomic E-state index is 14.9. The number of esters is 1. The predicted octanol–water partition coefficient (Wildman–Crippen LogP) is 4.29. The number of hydrogen-bond acceptors (Lipinski definition) is 6. The number of fused-ring (bicyclic) bond motifs is 1. The second-order valence-electron chi connectivity index (χ2n) is 8.00. The largest absolute Gasteiger partial charge is 0.466 e. The molecule has 1 aliphatic heterocycles. The van der Waals surface area contributed by atoms with E-state index >= 15 is 0 Å². The number of piperidine rings is 1. The third kappa shape index (κ3) is 4.57. The highest BCUT2D eigenvalue weighted by Gasteiger charge is 2.39. The Morgan fingerprint density at radius 3 is 2.60 bits per heavy atom. The summed E-state index contributed by atoms with van der Waals surface area (Å²) >= 11 is 5.99. The normalized spacial score (nSPS) is 18.7. The van der Waals surface area contributed by atoms with Gasteiger partial charge in [-0.1, -0.05) is 23.7 Å². The van der Waals surface area contributed by atoms with Crippen LogP contribution in [0.15, 0.2) is 36.4 Å². The first-order valence-electron chi connectivity index (χ1n) is 10.7. The summed E-state index contributed by atoms with van der Waals surface area (Å²) in [4.78, 5) is 26.9. The molecule has 35 heavy (non-hydrogen) atoms. The number of benzene rings is 2. The fourth-order valence-electron chi connectivity index (χ4n) is 4.22. The minimum absolute atomic E-state index is 0.0478. The van der Waals surface area contributed by atoms with E-state index in [1.807, 2.05) is 0 Å². The summed E-state index contributed by atoms with van der Waals surface area (Å²) in [6.45, 7) is 1.82. The van der Waals surface area contributed by atoms with E-state index in [1.54, 1.807) is 6.92 Å². The van der Waals surface area contributed by atoms with Gasteiger partial charge in [-0.2, -0.15) is 17.9 Å². The lowest BCUT2D eigenvalue weighted by atomic mass is 9.94. The number of β-amino-alcohol motifs (C(OH)–C–C–N with tert-alkyl or cyclic N) is 1. The lowest BCUT2D eigenvalue weighted by Crippen LogP contribution is -2.47. The van der Waals surface area contributed by atoms with Gasteiger partial charge in [0.25, 0.3) is 5.91 Å². The lowest BCUT2D eigenvalue weighted by molar-refractivity contribution is -0.152. The summed E-state index contributed by atoms with van der Waals surface area (Å²) in [6, 6.07) is 6.71. The molecule has 0 radical (unpaired) electrons. The SMILES string of the molecule is CCOC(=O)C1CCN(c2nn(C(=O)c3c(Cl)cccc3C(F)(F)F)c3cccc(F)c23)C[C@@H]1O. The van der Waals surface area contributed by atoms with Gasteiger partial charge in [0.05, 0.1) is 45.7 Å². The molecule has 0 spiro atoms. The van der Waals surface area contributed by atoms with E-state index in [4.69, 9.17) is 16.3 Å². The van der Waals surface area contributed by atoms with Gasteiger partial charge < -0.3 is 14.7 Å². The molecule has 1 N–H and O–H groups in total. The second kappa shape index (κ2) is 9.46. The third-order valence-corrected chi connectivity index (χ3v) is 6.15. The van der Waals surface area contributed by atoms with Crippen LogP contribution in [-0.4, -0.2) is 52.6 Å². The number of alkyl halides is 3. The number of rotatable bonds is 4. The number of carbonyl (C=O) groups is 2. The molecule has 2 aromatic carbocycles. The van der Waals surface area contributed by atoms with Crippen LogP contribution in [0.3, 0.4) is 0 Å². The molecule has 2 heterocycles. The number of nitrogens with zero attached hydrogens (tertiary/aromatic N) is 3. The van der Waals surface area contributed by atoms with E-state index in [2.05, 4.69) is 5.10 Å².